The van der Waals surface area contributed by atoms with Gasteiger partial charge in [-0.2, -0.15) is 0 Å². The largest absolute Gasteiger partial charge is 0.461 e. The van der Waals surface area contributed by atoms with Crippen LogP contribution in [0.1, 0.15) is 35.3 Å². The highest BCUT2D eigenvalue weighted by molar-refractivity contribution is 6.05. The van der Waals surface area contributed by atoms with Gasteiger partial charge in [-0.3, -0.25) is 9.59 Å². The molecule has 1 aliphatic heterocycles. The first-order valence-corrected chi connectivity index (χ1v) is 8.02. The molecule has 2 aromatic rings. The molecular weight excluding hydrogens is 322 g/mol. The molecule has 2 heterocycles. The fraction of sp³-hybridized carbons (Fsp3) is 0.278. The SMILES string of the molecule is CCOC(=O)c1cc(NC(=O)[C@H]2CC(=O)Nc3ccccc32)cn1C. The van der Waals surface area contributed by atoms with Gasteiger partial charge in [-0.05, 0) is 24.6 Å². The number of nitrogens with one attached hydrogen (secondary N) is 2. The second-order valence-corrected chi connectivity index (χ2v) is 5.83. The molecule has 0 fully saturated rings. The van der Waals surface area contributed by atoms with Crippen molar-refractivity contribution in [3.05, 3.63) is 47.8 Å². The molecule has 0 saturated heterocycles. The molecule has 1 atom stereocenters. The van der Waals surface area contributed by atoms with Crippen LogP contribution in [0.5, 0.6) is 0 Å². The number of carbonyl (C=O) groups excluding carboxylic acids is 3. The number of aromatic nitrogens is 1. The Bertz CT molecular complexity index is 841. The Labute approximate surface area is 145 Å². The molecule has 0 bridgehead atoms. The summed E-state index contributed by atoms with van der Waals surface area (Å²) in [5, 5.41) is 5.55. The first-order valence-electron chi connectivity index (χ1n) is 8.02. The van der Waals surface area contributed by atoms with Gasteiger partial charge in [0.05, 0.1) is 18.2 Å². The van der Waals surface area contributed by atoms with E-state index in [0.29, 0.717) is 17.1 Å². The van der Waals surface area contributed by atoms with Crippen molar-refractivity contribution in [2.24, 2.45) is 7.05 Å². The zero-order chi connectivity index (χ0) is 18.0. The van der Waals surface area contributed by atoms with Gasteiger partial charge in [0.25, 0.3) is 0 Å². The van der Waals surface area contributed by atoms with Gasteiger partial charge >= 0.3 is 5.97 Å². The quantitative estimate of drug-likeness (QED) is 0.835. The van der Waals surface area contributed by atoms with Crippen LogP contribution in [0.25, 0.3) is 0 Å². The van der Waals surface area contributed by atoms with E-state index in [1.807, 2.05) is 18.2 Å². The molecule has 2 N–H and O–H groups in total. The van der Waals surface area contributed by atoms with Crippen molar-refractivity contribution in [3.8, 4) is 0 Å². The molecule has 3 rings (SSSR count). The number of benzene rings is 1. The van der Waals surface area contributed by atoms with E-state index >= 15 is 0 Å². The summed E-state index contributed by atoms with van der Waals surface area (Å²) >= 11 is 0. The van der Waals surface area contributed by atoms with Gasteiger partial charge in [0.15, 0.2) is 0 Å². The number of anilines is 2. The summed E-state index contributed by atoms with van der Waals surface area (Å²) in [4.78, 5) is 36.4. The lowest BCUT2D eigenvalue weighted by Crippen LogP contribution is -2.30. The van der Waals surface area contributed by atoms with Gasteiger partial charge in [-0.25, -0.2) is 4.79 Å². The Morgan fingerprint density at radius 3 is 2.88 bits per heavy atom. The number of carbonyl (C=O) groups is 3. The minimum absolute atomic E-state index is 0.0837. The van der Waals surface area contributed by atoms with Gasteiger partial charge < -0.3 is 19.9 Å². The highest BCUT2D eigenvalue weighted by Crippen LogP contribution is 2.33. The number of hydrogen-bond donors (Lipinski definition) is 2. The lowest BCUT2D eigenvalue weighted by Gasteiger charge is -2.24. The van der Waals surface area contributed by atoms with E-state index in [4.69, 9.17) is 4.74 Å². The minimum Gasteiger partial charge on any atom is -0.461 e. The molecule has 0 unspecified atom stereocenters. The van der Waals surface area contributed by atoms with E-state index in [-0.39, 0.29) is 24.8 Å². The number of nitrogens with zero attached hydrogens (tertiary/aromatic N) is 1. The number of fused-ring (bicyclic) bond motifs is 1. The summed E-state index contributed by atoms with van der Waals surface area (Å²) in [6.07, 6.45) is 1.72. The standard InChI is InChI=1S/C18H19N3O4/c1-3-25-18(24)15-8-11(10-21(15)2)19-17(23)13-9-16(22)20-14-7-5-4-6-12(13)14/h4-8,10,13H,3,9H2,1-2H3,(H,19,23)(H,20,22)/t13-/m0/s1. The molecule has 1 aliphatic rings. The Hall–Kier alpha value is -3.09. The fourth-order valence-corrected chi connectivity index (χ4v) is 2.92. The van der Waals surface area contributed by atoms with E-state index in [9.17, 15) is 14.4 Å². The summed E-state index contributed by atoms with van der Waals surface area (Å²) in [6.45, 7) is 2.01. The van der Waals surface area contributed by atoms with Crippen LogP contribution in [-0.2, 0) is 21.4 Å². The smallest absolute Gasteiger partial charge is 0.355 e. The predicted molar refractivity (Wildman–Crippen MR) is 92.4 cm³/mol. The number of aryl methyl sites for hydroxylation is 1. The second kappa shape index (κ2) is 6.80. The predicted octanol–water partition coefficient (Wildman–Crippen LogP) is 2.27. The molecule has 7 heteroatoms. The molecule has 130 valence electrons. The van der Waals surface area contributed by atoms with Crippen molar-refractivity contribution < 1.29 is 19.1 Å². The molecule has 0 radical (unpaired) electrons. The molecule has 1 aromatic heterocycles. The van der Waals surface area contributed by atoms with Gasteiger partial charge in [0.2, 0.25) is 11.8 Å². The molecule has 7 nitrogen and oxygen atoms in total. The van der Waals surface area contributed by atoms with Crippen LogP contribution in [0.2, 0.25) is 0 Å². The summed E-state index contributed by atoms with van der Waals surface area (Å²) in [6, 6.07) is 8.80. The van der Waals surface area contributed by atoms with E-state index in [2.05, 4.69) is 10.6 Å². The number of rotatable bonds is 4. The third kappa shape index (κ3) is 3.40. The lowest BCUT2D eigenvalue weighted by molar-refractivity contribution is -0.123. The second-order valence-electron chi connectivity index (χ2n) is 5.83. The number of hydrogen-bond acceptors (Lipinski definition) is 4. The van der Waals surface area contributed by atoms with Crippen LogP contribution in [0, 0.1) is 0 Å². The molecule has 0 saturated carbocycles. The van der Waals surface area contributed by atoms with Gasteiger partial charge in [0.1, 0.15) is 5.69 Å². The first kappa shape index (κ1) is 16.8. The van der Waals surface area contributed by atoms with E-state index in [1.54, 1.807) is 36.9 Å². The Balaban J connectivity index is 1.80. The van der Waals surface area contributed by atoms with Crippen molar-refractivity contribution in [3.63, 3.8) is 0 Å². The average molecular weight is 341 g/mol. The molecule has 25 heavy (non-hydrogen) atoms. The molecule has 0 aliphatic carbocycles. The highest BCUT2D eigenvalue weighted by atomic mass is 16.5. The fourth-order valence-electron chi connectivity index (χ4n) is 2.92. The lowest BCUT2D eigenvalue weighted by atomic mass is 9.90. The number of esters is 1. The van der Waals surface area contributed by atoms with Crippen LogP contribution in [0.15, 0.2) is 36.5 Å². The van der Waals surface area contributed by atoms with Crippen molar-refractivity contribution in [1.82, 2.24) is 4.57 Å². The Morgan fingerprint density at radius 2 is 2.12 bits per heavy atom. The Morgan fingerprint density at radius 1 is 1.36 bits per heavy atom. The van der Waals surface area contributed by atoms with E-state index in [1.165, 1.54) is 0 Å². The average Bonchev–Trinajstić information content (AvgIpc) is 2.94. The van der Waals surface area contributed by atoms with Crippen molar-refractivity contribution in [1.29, 1.82) is 0 Å². The minimum atomic E-state index is -0.573. The van der Waals surface area contributed by atoms with E-state index in [0.717, 1.165) is 5.56 Å². The summed E-state index contributed by atoms with van der Waals surface area (Å²) < 4.78 is 6.57. The van der Waals surface area contributed by atoms with Gasteiger partial charge in [0, 0.05) is 25.4 Å². The monoisotopic (exact) mass is 341 g/mol. The van der Waals surface area contributed by atoms with Gasteiger partial charge in [-0.15, -0.1) is 0 Å². The summed E-state index contributed by atoms with van der Waals surface area (Å²) in [5.41, 5.74) is 2.26. The van der Waals surface area contributed by atoms with Crippen LogP contribution >= 0.6 is 0 Å². The van der Waals surface area contributed by atoms with E-state index < -0.39 is 11.9 Å². The summed E-state index contributed by atoms with van der Waals surface area (Å²) in [5.74, 6) is -1.51. The molecular formula is C18H19N3O4. The maximum Gasteiger partial charge on any atom is 0.355 e. The first-order chi connectivity index (χ1) is 12.0. The third-order valence-corrected chi connectivity index (χ3v) is 4.07. The number of para-hydroxylation sites is 1. The summed E-state index contributed by atoms with van der Waals surface area (Å²) in [7, 11) is 1.70. The van der Waals surface area contributed by atoms with Gasteiger partial charge in [-0.1, -0.05) is 18.2 Å². The molecule has 1 aromatic carbocycles. The topological polar surface area (TPSA) is 89.4 Å². The van der Waals surface area contributed by atoms with Crippen LogP contribution in [0.3, 0.4) is 0 Å². The Kier molecular flexibility index (Phi) is 4.56. The number of amides is 2. The maximum atomic E-state index is 12.7. The number of ether oxygens (including phenoxy) is 1. The molecule has 0 spiro atoms. The zero-order valence-corrected chi connectivity index (χ0v) is 14.0. The highest BCUT2D eigenvalue weighted by Gasteiger charge is 2.30. The van der Waals surface area contributed by atoms with Crippen molar-refractivity contribution in [2.45, 2.75) is 19.3 Å². The van der Waals surface area contributed by atoms with Crippen LogP contribution in [0.4, 0.5) is 11.4 Å². The van der Waals surface area contributed by atoms with Crippen molar-refractivity contribution >= 4 is 29.2 Å². The van der Waals surface area contributed by atoms with Crippen molar-refractivity contribution in [2.75, 3.05) is 17.2 Å². The normalized spacial score (nSPS) is 15.9. The van der Waals surface area contributed by atoms with Crippen LogP contribution < -0.4 is 10.6 Å². The molecule has 2 amide bonds. The van der Waals surface area contributed by atoms with Crippen LogP contribution in [-0.4, -0.2) is 29.0 Å². The maximum absolute atomic E-state index is 12.7. The zero-order valence-electron chi connectivity index (χ0n) is 14.0. The third-order valence-electron chi connectivity index (χ3n) is 4.07.